The molecule has 1 heterocycles. The van der Waals surface area contributed by atoms with E-state index in [9.17, 15) is 0 Å². The van der Waals surface area contributed by atoms with E-state index in [2.05, 4.69) is 61.4 Å². The molecule has 4 heteroatoms. The molecule has 0 amide bonds. The molecule has 0 saturated carbocycles. The molecule has 118 valence electrons. The van der Waals surface area contributed by atoms with Crippen molar-refractivity contribution in [3.05, 3.63) is 59.7 Å². The third-order valence-corrected chi connectivity index (χ3v) is 4.30. The summed E-state index contributed by atoms with van der Waals surface area (Å²) in [6, 6.07) is 16.8. The molecule has 0 fully saturated rings. The molecule has 1 aromatic heterocycles. The van der Waals surface area contributed by atoms with Crippen LogP contribution in [0.3, 0.4) is 0 Å². The zero-order chi connectivity index (χ0) is 16.4. The van der Waals surface area contributed by atoms with Crippen molar-refractivity contribution in [1.29, 1.82) is 0 Å². The first-order chi connectivity index (χ1) is 11.1. The Bertz CT molecular complexity index is 819. The summed E-state index contributed by atoms with van der Waals surface area (Å²) >= 11 is 5.76. The Morgan fingerprint density at radius 1 is 0.913 bits per heavy atom. The van der Waals surface area contributed by atoms with Crippen LogP contribution in [0.2, 0.25) is 0 Å². The second-order valence-electron chi connectivity index (χ2n) is 5.74. The zero-order valence-corrected chi connectivity index (χ0v) is 14.1. The molecule has 23 heavy (non-hydrogen) atoms. The minimum atomic E-state index is 0.497. The summed E-state index contributed by atoms with van der Waals surface area (Å²) < 4.78 is 1.74. The summed E-state index contributed by atoms with van der Waals surface area (Å²) in [6.45, 7) is 4.89. The highest BCUT2D eigenvalue weighted by Gasteiger charge is 2.07. The van der Waals surface area contributed by atoms with Gasteiger partial charge in [0.15, 0.2) is 0 Å². The Balaban J connectivity index is 1.89. The van der Waals surface area contributed by atoms with Crippen LogP contribution in [0.4, 0.5) is 5.82 Å². The Hall–Kier alpha value is -2.26. The van der Waals surface area contributed by atoms with Crippen LogP contribution in [-0.4, -0.2) is 15.7 Å². The summed E-state index contributed by atoms with van der Waals surface area (Å²) in [5.74, 6) is 1.13. The molecule has 0 aliphatic carbocycles. The van der Waals surface area contributed by atoms with Gasteiger partial charge in [-0.15, -0.1) is 11.6 Å². The van der Waals surface area contributed by atoms with E-state index < -0.39 is 0 Å². The molecule has 0 atom stereocenters. The number of hydrogen-bond acceptors (Lipinski definition) is 2. The fraction of sp³-hybridized carbons (Fsp3) is 0.211. The van der Waals surface area contributed by atoms with Gasteiger partial charge in [-0.1, -0.05) is 42.5 Å². The Kier molecular flexibility index (Phi) is 4.39. The topological polar surface area (TPSA) is 43.8 Å². The normalized spacial score (nSPS) is 10.9. The average molecular weight is 326 g/mol. The average Bonchev–Trinajstić information content (AvgIpc) is 2.92. The molecule has 2 N–H and O–H groups in total. The van der Waals surface area contributed by atoms with Crippen molar-refractivity contribution in [3.8, 4) is 22.4 Å². The standard InChI is InChI=1S/C19H20ClN3/c1-13-3-4-17(11-14(13)2)15-5-7-16(8-6-15)18-12-19(21)23(22-18)10-9-20/h3-8,11-12H,9-10,21H2,1-2H3. The van der Waals surface area contributed by atoms with Gasteiger partial charge in [0.1, 0.15) is 5.82 Å². The number of anilines is 1. The number of nitrogens with two attached hydrogens (primary N) is 1. The van der Waals surface area contributed by atoms with E-state index in [-0.39, 0.29) is 0 Å². The fourth-order valence-corrected chi connectivity index (χ4v) is 2.75. The number of nitrogen functional groups attached to an aromatic ring is 1. The van der Waals surface area contributed by atoms with E-state index in [0.29, 0.717) is 18.2 Å². The Morgan fingerprint density at radius 2 is 1.57 bits per heavy atom. The van der Waals surface area contributed by atoms with Gasteiger partial charge in [0.05, 0.1) is 12.2 Å². The number of aryl methyl sites for hydroxylation is 3. The van der Waals surface area contributed by atoms with Crippen molar-refractivity contribution in [1.82, 2.24) is 9.78 Å². The highest BCUT2D eigenvalue weighted by atomic mass is 35.5. The summed E-state index contributed by atoms with van der Waals surface area (Å²) in [5, 5.41) is 4.51. The van der Waals surface area contributed by atoms with Crippen LogP contribution >= 0.6 is 11.6 Å². The summed E-state index contributed by atoms with van der Waals surface area (Å²) in [5.41, 5.74) is 12.9. The lowest BCUT2D eigenvalue weighted by Crippen LogP contribution is -2.05. The summed E-state index contributed by atoms with van der Waals surface area (Å²) in [4.78, 5) is 0. The lowest BCUT2D eigenvalue weighted by Gasteiger charge is -2.06. The van der Waals surface area contributed by atoms with Crippen LogP contribution in [0.25, 0.3) is 22.4 Å². The highest BCUT2D eigenvalue weighted by molar-refractivity contribution is 6.17. The molecule has 0 radical (unpaired) electrons. The molecule has 0 aliphatic rings. The van der Waals surface area contributed by atoms with Crippen LogP contribution in [0, 0.1) is 13.8 Å². The summed E-state index contributed by atoms with van der Waals surface area (Å²) in [6.07, 6.45) is 0. The smallest absolute Gasteiger partial charge is 0.122 e. The maximum atomic E-state index is 5.96. The number of nitrogens with zero attached hydrogens (tertiary/aromatic N) is 2. The number of benzene rings is 2. The number of hydrogen-bond donors (Lipinski definition) is 1. The van der Waals surface area contributed by atoms with E-state index in [1.54, 1.807) is 4.68 Å². The maximum Gasteiger partial charge on any atom is 0.122 e. The predicted molar refractivity (Wildman–Crippen MR) is 97.7 cm³/mol. The van der Waals surface area contributed by atoms with E-state index in [1.165, 1.54) is 22.3 Å². The second kappa shape index (κ2) is 6.47. The number of alkyl halides is 1. The minimum absolute atomic E-state index is 0.497. The first-order valence-corrected chi connectivity index (χ1v) is 8.19. The molecule has 3 aromatic rings. The molecule has 3 rings (SSSR count). The molecule has 0 aliphatic heterocycles. The minimum Gasteiger partial charge on any atom is -0.384 e. The largest absolute Gasteiger partial charge is 0.384 e. The maximum absolute atomic E-state index is 5.96. The van der Waals surface area contributed by atoms with Crippen LogP contribution in [-0.2, 0) is 6.54 Å². The van der Waals surface area contributed by atoms with Crippen molar-refractivity contribution < 1.29 is 0 Å². The van der Waals surface area contributed by atoms with Crippen LogP contribution in [0.1, 0.15) is 11.1 Å². The number of rotatable bonds is 4. The van der Waals surface area contributed by atoms with Crippen LogP contribution < -0.4 is 5.73 Å². The molecule has 0 saturated heterocycles. The van der Waals surface area contributed by atoms with Gasteiger partial charge in [0.2, 0.25) is 0 Å². The van der Waals surface area contributed by atoms with Gasteiger partial charge >= 0.3 is 0 Å². The van der Waals surface area contributed by atoms with Gasteiger partial charge in [-0.25, -0.2) is 4.68 Å². The lowest BCUT2D eigenvalue weighted by atomic mass is 9.99. The molecule has 0 bridgehead atoms. The van der Waals surface area contributed by atoms with E-state index in [4.69, 9.17) is 17.3 Å². The SMILES string of the molecule is Cc1ccc(-c2ccc(-c3cc(N)n(CCCl)n3)cc2)cc1C. The zero-order valence-electron chi connectivity index (χ0n) is 13.4. The van der Waals surface area contributed by atoms with Gasteiger partial charge < -0.3 is 5.73 Å². The third-order valence-electron chi connectivity index (χ3n) is 4.13. The second-order valence-corrected chi connectivity index (χ2v) is 6.12. The fourth-order valence-electron chi connectivity index (χ4n) is 2.59. The quantitative estimate of drug-likeness (QED) is 0.709. The Morgan fingerprint density at radius 3 is 2.22 bits per heavy atom. The van der Waals surface area contributed by atoms with Crippen molar-refractivity contribution >= 4 is 17.4 Å². The first kappa shape index (κ1) is 15.6. The van der Waals surface area contributed by atoms with Crippen LogP contribution in [0.15, 0.2) is 48.5 Å². The van der Waals surface area contributed by atoms with Gasteiger partial charge in [-0.05, 0) is 36.1 Å². The van der Waals surface area contributed by atoms with Crippen molar-refractivity contribution in [2.75, 3.05) is 11.6 Å². The first-order valence-electron chi connectivity index (χ1n) is 7.66. The summed E-state index contributed by atoms with van der Waals surface area (Å²) in [7, 11) is 0. The molecule has 2 aromatic carbocycles. The van der Waals surface area contributed by atoms with Crippen molar-refractivity contribution in [3.63, 3.8) is 0 Å². The highest BCUT2D eigenvalue weighted by Crippen LogP contribution is 2.26. The third kappa shape index (κ3) is 3.25. The van der Waals surface area contributed by atoms with Gasteiger partial charge in [0, 0.05) is 17.5 Å². The molecule has 3 nitrogen and oxygen atoms in total. The molecule has 0 unspecified atom stereocenters. The predicted octanol–water partition coefficient (Wildman–Crippen LogP) is 4.65. The van der Waals surface area contributed by atoms with Gasteiger partial charge in [0.25, 0.3) is 0 Å². The van der Waals surface area contributed by atoms with Gasteiger partial charge in [-0.3, -0.25) is 0 Å². The van der Waals surface area contributed by atoms with E-state index in [1.807, 2.05) is 6.07 Å². The number of aromatic nitrogens is 2. The van der Waals surface area contributed by atoms with E-state index in [0.717, 1.165) is 11.3 Å². The van der Waals surface area contributed by atoms with Gasteiger partial charge in [-0.2, -0.15) is 5.10 Å². The lowest BCUT2D eigenvalue weighted by molar-refractivity contribution is 0.676. The van der Waals surface area contributed by atoms with Crippen LogP contribution in [0.5, 0.6) is 0 Å². The molecular weight excluding hydrogens is 306 g/mol. The van der Waals surface area contributed by atoms with E-state index >= 15 is 0 Å². The van der Waals surface area contributed by atoms with Crippen molar-refractivity contribution in [2.24, 2.45) is 0 Å². The Labute approximate surface area is 141 Å². The molecule has 0 spiro atoms. The molecular formula is C19H20ClN3. The van der Waals surface area contributed by atoms with Crippen molar-refractivity contribution in [2.45, 2.75) is 20.4 Å². The number of halogens is 1. The monoisotopic (exact) mass is 325 g/mol.